The second-order valence-corrected chi connectivity index (χ2v) is 11.3. The van der Waals surface area contributed by atoms with Gasteiger partial charge in [-0.2, -0.15) is 0 Å². The van der Waals surface area contributed by atoms with Crippen LogP contribution < -0.4 is 14.2 Å². The third-order valence-electron chi connectivity index (χ3n) is 5.94. The molecule has 0 bridgehead atoms. The number of ether oxygens (including phenoxy) is 2. The summed E-state index contributed by atoms with van der Waals surface area (Å²) < 4.78 is 38.4. The topological polar surface area (TPSA) is 98.6 Å². The van der Waals surface area contributed by atoms with E-state index in [1.54, 1.807) is 26.0 Å². The van der Waals surface area contributed by atoms with E-state index >= 15 is 0 Å². The summed E-state index contributed by atoms with van der Waals surface area (Å²) in [6.45, 7) is 2.79. The fourth-order valence-corrected chi connectivity index (χ4v) is 5.58. The number of anilines is 1. The summed E-state index contributed by atoms with van der Waals surface area (Å²) in [5, 5.41) is 9.63. The highest BCUT2D eigenvalue weighted by molar-refractivity contribution is 7.99. The van der Waals surface area contributed by atoms with Crippen LogP contribution in [0.1, 0.15) is 17.5 Å². The fourth-order valence-electron chi connectivity index (χ4n) is 4.19. The van der Waals surface area contributed by atoms with Gasteiger partial charge in [-0.15, -0.1) is 10.2 Å². The zero-order valence-electron chi connectivity index (χ0n) is 20.4. The summed E-state index contributed by atoms with van der Waals surface area (Å²) in [4.78, 5) is 2.41. The number of hydrogen-bond donors (Lipinski definition) is 1. The lowest BCUT2D eigenvalue weighted by Crippen LogP contribution is -2.31. The number of sulfonamides is 1. The summed E-state index contributed by atoms with van der Waals surface area (Å²) in [6, 6.07) is 11.5. The molecule has 0 amide bonds. The Morgan fingerprint density at radius 1 is 1.09 bits per heavy atom. The molecule has 2 heterocycles. The van der Waals surface area contributed by atoms with E-state index in [4.69, 9.17) is 9.47 Å². The normalized spacial score (nSPS) is 13.9. The number of thioether (sulfide) groups is 1. The molecule has 1 aliphatic rings. The van der Waals surface area contributed by atoms with Crippen LogP contribution in [0.5, 0.6) is 11.5 Å². The van der Waals surface area contributed by atoms with Crippen molar-refractivity contribution in [1.29, 1.82) is 0 Å². The number of fused-ring (bicyclic) bond motifs is 1. The summed E-state index contributed by atoms with van der Waals surface area (Å²) in [7, 11) is 1.94. The van der Waals surface area contributed by atoms with Crippen molar-refractivity contribution in [3.63, 3.8) is 0 Å². The highest BCUT2D eigenvalue weighted by Gasteiger charge is 2.18. The molecule has 3 aromatic rings. The number of hydrogen-bond acceptors (Lipinski definition) is 8. The van der Waals surface area contributed by atoms with Crippen molar-refractivity contribution in [1.82, 2.24) is 19.7 Å². The highest BCUT2D eigenvalue weighted by atomic mass is 32.2. The second kappa shape index (κ2) is 10.9. The zero-order chi connectivity index (χ0) is 25.0. The first-order valence-electron chi connectivity index (χ1n) is 11.3. The van der Waals surface area contributed by atoms with Gasteiger partial charge in [0.25, 0.3) is 0 Å². The number of nitrogens with one attached hydrogen (secondary N) is 1. The van der Waals surface area contributed by atoms with Gasteiger partial charge in [-0.1, -0.05) is 17.8 Å². The maximum atomic E-state index is 11.5. The number of aromatic nitrogens is 3. The van der Waals surface area contributed by atoms with Crippen LogP contribution >= 0.6 is 11.8 Å². The van der Waals surface area contributed by atoms with Crippen LogP contribution in [0.15, 0.2) is 41.6 Å². The van der Waals surface area contributed by atoms with E-state index in [9.17, 15) is 8.42 Å². The van der Waals surface area contributed by atoms with Crippen molar-refractivity contribution < 1.29 is 17.9 Å². The predicted molar refractivity (Wildman–Crippen MR) is 139 cm³/mol. The molecule has 0 aliphatic carbocycles. The number of benzene rings is 2. The SMILES string of the molecule is COc1ccc(-c2nnc(SCCCN3CCc4ccc(NS(C)(=O)=O)cc4C3)n2C)c(OC)c1. The van der Waals surface area contributed by atoms with Gasteiger partial charge in [0, 0.05) is 37.6 Å². The molecule has 0 spiro atoms. The smallest absolute Gasteiger partial charge is 0.229 e. The van der Waals surface area contributed by atoms with Gasteiger partial charge in [-0.3, -0.25) is 9.62 Å². The van der Waals surface area contributed by atoms with E-state index in [-0.39, 0.29) is 0 Å². The molecule has 1 aliphatic heterocycles. The van der Waals surface area contributed by atoms with Crippen LogP contribution in [-0.2, 0) is 30.0 Å². The molecule has 4 rings (SSSR count). The molecular weight excluding hydrogens is 486 g/mol. The number of rotatable bonds is 10. The highest BCUT2D eigenvalue weighted by Crippen LogP contribution is 2.33. The van der Waals surface area contributed by atoms with Gasteiger partial charge in [0.1, 0.15) is 11.5 Å². The van der Waals surface area contributed by atoms with Crippen molar-refractivity contribution in [2.24, 2.45) is 7.05 Å². The maximum absolute atomic E-state index is 11.5. The Morgan fingerprint density at radius 3 is 2.66 bits per heavy atom. The average molecular weight is 518 g/mol. The van der Waals surface area contributed by atoms with E-state index < -0.39 is 10.0 Å². The molecule has 1 aromatic heterocycles. The molecule has 1 N–H and O–H groups in total. The van der Waals surface area contributed by atoms with E-state index in [1.165, 1.54) is 17.4 Å². The third kappa shape index (κ3) is 6.28. The Kier molecular flexibility index (Phi) is 7.88. The van der Waals surface area contributed by atoms with E-state index in [0.29, 0.717) is 11.4 Å². The summed E-state index contributed by atoms with van der Waals surface area (Å²) in [6.07, 6.45) is 3.15. The minimum atomic E-state index is -3.28. The van der Waals surface area contributed by atoms with Gasteiger partial charge < -0.3 is 14.0 Å². The molecule has 35 heavy (non-hydrogen) atoms. The van der Waals surface area contributed by atoms with Crippen molar-refractivity contribution in [3.05, 3.63) is 47.5 Å². The first-order chi connectivity index (χ1) is 16.8. The molecule has 9 nitrogen and oxygen atoms in total. The van der Waals surface area contributed by atoms with Crippen LogP contribution in [0, 0.1) is 0 Å². The first kappa shape index (κ1) is 25.3. The molecular formula is C24H31N5O4S2. The Labute approximate surface area is 210 Å². The standard InChI is InChI=1S/C24H31N5O4S2/c1-28-23(21-9-8-20(32-2)15-22(21)33-3)25-26-24(28)34-13-5-11-29-12-10-17-6-7-19(14-18(17)16-29)27-35(4,30)31/h6-9,14-15,27H,5,10-13,16H2,1-4H3. The molecule has 2 aromatic carbocycles. The number of nitrogens with zero attached hydrogens (tertiary/aromatic N) is 4. The first-order valence-corrected chi connectivity index (χ1v) is 14.2. The lowest BCUT2D eigenvalue weighted by atomic mass is 9.99. The van der Waals surface area contributed by atoms with Gasteiger partial charge >= 0.3 is 0 Å². The predicted octanol–water partition coefficient (Wildman–Crippen LogP) is 3.41. The molecule has 0 saturated carbocycles. The quantitative estimate of drug-likeness (QED) is 0.323. The van der Waals surface area contributed by atoms with Crippen LogP contribution in [0.4, 0.5) is 5.69 Å². The van der Waals surface area contributed by atoms with Crippen LogP contribution in [-0.4, -0.2) is 67.4 Å². The van der Waals surface area contributed by atoms with E-state index in [1.807, 2.05) is 48.0 Å². The fraction of sp³-hybridized carbons (Fsp3) is 0.417. The van der Waals surface area contributed by atoms with E-state index in [2.05, 4.69) is 19.8 Å². The van der Waals surface area contributed by atoms with Gasteiger partial charge in [0.05, 0.1) is 26.0 Å². The monoisotopic (exact) mass is 517 g/mol. The summed E-state index contributed by atoms with van der Waals surface area (Å²) >= 11 is 1.69. The lowest BCUT2D eigenvalue weighted by molar-refractivity contribution is 0.255. The largest absolute Gasteiger partial charge is 0.497 e. The van der Waals surface area contributed by atoms with E-state index in [0.717, 1.165) is 60.5 Å². The Balaban J connectivity index is 1.32. The van der Waals surface area contributed by atoms with Gasteiger partial charge in [0.15, 0.2) is 11.0 Å². The molecule has 0 radical (unpaired) electrons. The zero-order valence-corrected chi connectivity index (χ0v) is 22.1. The Morgan fingerprint density at radius 2 is 1.91 bits per heavy atom. The van der Waals surface area contributed by atoms with Crippen molar-refractivity contribution >= 4 is 27.5 Å². The van der Waals surface area contributed by atoms with Crippen molar-refractivity contribution in [2.75, 3.05) is 44.0 Å². The minimum Gasteiger partial charge on any atom is -0.497 e. The molecule has 0 fully saturated rings. The molecule has 0 saturated heterocycles. The Hall–Kier alpha value is -2.76. The van der Waals surface area contributed by atoms with Crippen molar-refractivity contribution in [2.45, 2.75) is 24.5 Å². The molecule has 0 atom stereocenters. The summed E-state index contributed by atoms with van der Waals surface area (Å²) in [5.74, 6) is 3.09. The third-order valence-corrected chi connectivity index (χ3v) is 7.65. The Bertz CT molecular complexity index is 1290. The van der Waals surface area contributed by atoms with Crippen LogP contribution in [0.3, 0.4) is 0 Å². The second-order valence-electron chi connectivity index (χ2n) is 8.52. The van der Waals surface area contributed by atoms with Gasteiger partial charge in [0.2, 0.25) is 10.0 Å². The van der Waals surface area contributed by atoms with Crippen LogP contribution in [0.25, 0.3) is 11.4 Å². The lowest BCUT2D eigenvalue weighted by Gasteiger charge is -2.29. The van der Waals surface area contributed by atoms with Crippen LogP contribution in [0.2, 0.25) is 0 Å². The van der Waals surface area contributed by atoms with Gasteiger partial charge in [-0.25, -0.2) is 8.42 Å². The van der Waals surface area contributed by atoms with Gasteiger partial charge in [-0.05, 0) is 54.8 Å². The average Bonchev–Trinajstić information content (AvgIpc) is 3.20. The summed E-state index contributed by atoms with van der Waals surface area (Å²) in [5.41, 5.74) is 3.96. The molecule has 188 valence electrons. The maximum Gasteiger partial charge on any atom is 0.229 e. The van der Waals surface area contributed by atoms with Crippen molar-refractivity contribution in [3.8, 4) is 22.9 Å². The molecule has 0 unspecified atom stereocenters. The number of methoxy groups -OCH3 is 2. The minimum absolute atomic E-state index is 0.621. The molecule has 11 heteroatoms.